The topological polar surface area (TPSA) is 75.6 Å². The zero-order valence-corrected chi connectivity index (χ0v) is 13.7. The summed E-state index contributed by atoms with van der Waals surface area (Å²) >= 11 is 0. The van der Waals surface area contributed by atoms with E-state index in [1.807, 2.05) is 12.1 Å². The summed E-state index contributed by atoms with van der Waals surface area (Å²) in [6.07, 6.45) is 0. The summed E-state index contributed by atoms with van der Waals surface area (Å²) in [5, 5.41) is 11.8. The number of carbonyl (C=O) groups excluding carboxylic acids is 1. The molecule has 1 amide bonds. The predicted octanol–water partition coefficient (Wildman–Crippen LogP) is 3.13. The lowest BCUT2D eigenvalue weighted by atomic mass is 10.0. The van der Waals surface area contributed by atoms with Crippen LogP contribution in [0.25, 0.3) is 0 Å². The molecule has 0 aromatic heterocycles. The third-order valence-corrected chi connectivity index (χ3v) is 3.60. The lowest BCUT2D eigenvalue weighted by molar-refractivity contribution is -0.142. The second-order valence-corrected chi connectivity index (χ2v) is 5.76. The highest BCUT2D eigenvalue weighted by Gasteiger charge is 2.21. The second kappa shape index (κ2) is 8.15. The first kappa shape index (κ1) is 17.5. The Kier molecular flexibility index (Phi) is 5.95. The molecule has 0 aliphatic carbocycles. The first-order chi connectivity index (χ1) is 11.5. The van der Waals surface area contributed by atoms with Crippen molar-refractivity contribution in [3.8, 4) is 5.75 Å². The van der Waals surface area contributed by atoms with Gasteiger partial charge in [0.15, 0.2) is 12.6 Å². The first-order valence-electron chi connectivity index (χ1n) is 7.77. The Morgan fingerprint density at radius 3 is 2.17 bits per heavy atom. The molecule has 2 aromatic carbocycles. The van der Waals surface area contributed by atoms with Gasteiger partial charge in [-0.25, -0.2) is 4.79 Å². The Morgan fingerprint density at radius 2 is 1.62 bits per heavy atom. The lowest BCUT2D eigenvalue weighted by Gasteiger charge is -2.15. The van der Waals surface area contributed by atoms with Crippen molar-refractivity contribution in [2.45, 2.75) is 25.8 Å². The third-order valence-electron chi connectivity index (χ3n) is 3.60. The number of carboxylic acids is 1. The van der Waals surface area contributed by atoms with Gasteiger partial charge in [0.05, 0.1) is 0 Å². The van der Waals surface area contributed by atoms with E-state index in [4.69, 9.17) is 4.74 Å². The summed E-state index contributed by atoms with van der Waals surface area (Å²) in [6.45, 7) is 3.95. The Balaban J connectivity index is 1.93. The van der Waals surface area contributed by atoms with E-state index in [-0.39, 0.29) is 6.61 Å². The van der Waals surface area contributed by atoms with Crippen molar-refractivity contribution in [2.24, 2.45) is 0 Å². The Bertz CT molecular complexity index is 680. The molecule has 0 saturated heterocycles. The molecule has 0 bridgehead atoms. The fourth-order valence-corrected chi connectivity index (χ4v) is 2.23. The van der Waals surface area contributed by atoms with Crippen LogP contribution in [0.3, 0.4) is 0 Å². The highest BCUT2D eigenvalue weighted by molar-refractivity contribution is 5.85. The zero-order valence-electron chi connectivity index (χ0n) is 13.7. The van der Waals surface area contributed by atoms with Crippen molar-refractivity contribution in [2.75, 3.05) is 6.61 Å². The largest absolute Gasteiger partial charge is 0.484 e. The molecule has 2 aromatic rings. The minimum absolute atomic E-state index is 0.238. The smallest absolute Gasteiger partial charge is 0.330 e. The summed E-state index contributed by atoms with van der Waals surface area (Å²) in [5.74, 6) is -0.610. The first-order valence-corrected chi connectivity index (χ1v) is 7.77. The molecule has 5 nitrogen and oxygen atoms in total. The molecule has 0 radical (unpaired) electrons. The van der Waals surface area contributed by atoms with Crippen LogP contribution in [-0.2, 0) is 9.59 Å². The van der Waals surface area contributed by atoms with Crippen LogP contribution in [0.15, 0.2) is 54.6 Å². The SMILES string of the molecule is CC(C)c1ccc(OCC(=O)NC(C(=O)O)c2ccccc2)cc1. The molecule has 0 fully saturated rings. The van der Waals surface area contributed by atoms with Crippen molar-refractivity contribution in [3.63, 3.8) is 0 Å². The van der Waals surface area contributed by atoms with Gasteiger partial charge >= 0.3 is 5.97 Å². The number of rotatable bonds is 7. The Morgan fingerprint density at radius 1 is 1.00 bits per heavy atom. The van der Waals surface area contributed by atoms with Gasteiger partial charge in [-0.15, -0.1) is 0 Å². The fourth-order valence-electron chi connectivity index (χ4n) is 2.23. The average molecular weight is 327 g/mol. The Hall–Kier alpha value is -2.82. The van der Waals surface area contributed by atoms with Gasteiger partial charge in [0, 0.05) is 0 Å². The predicted molar refractivity (Wildman–Crippen MR) is 91.0 cm³/mol. The van der Waals surface area contributed by atoms with Crippen LogP contribution < -0.4 is 10.1 Å². The summed E-state index contributed by atoms with van der Waals surface area (Å²) in [7, 11) is 0. The highest BCUT2D eigenvalue weighted by atomic mass is 16.5. The minimum atomic E-state index is -1.11. The van der Waals surface area contributed by atoms with E-state index in [2.05, 4.69) is 19.2 Å². The standard InChI is InChI=1S/C19H21NO4/c1-13(2)14-8-10-16(11-9-14)24-12-17(21)20-18(19(22)23)15-6-4-3-5-7-15/h3-11,13,18H,12H2,1-2H3,(H,20,21)(H,22,23). The van der Waals surface area contributed by atoms with Gasteiger partial charge in [-0.1, -0.05) is 56.3 Å². The molecule has 1 unspecified atom stereocenters. The number of ether oxygens (including phenoxy) is 1. The van der Waals surface area contributed by atoms with Crippen molar-refractivity contribution < 1.29 is 19.4 Å². The van der Waals surface area contributed by atoms with Crippen LogP contribution >= 0.6 is 0 Å². The van der Waals surface area contributed by atoms with Gasteiger partial charge in [0.1, 0.15) is 5.75 Å². The molecule has 0 aliphatic heterocycles. The molecule has 0 heterocycles. The van der Waals surface area contributed by atoms with Crippen LogP contribution in [-0.4, -0.2) is 23.6 Å². The van der Waals surface area contributed by atoms with Gasteiger partial charge < -0.3 is 15.2 Å². The van der Waals surface area contributed by atoms with Crippen LogP contribution in [0.5, 0.6) is 5.75 Å². The average Bonchev–Trinajstić information content (AvgIpc) is 2.58. The summed E-state index contributed by atoms with van der Waals surface area (Å²) in [6, 6.07) is 15.0. The highest BCUT2D eigenvalue weighted by Crippen LogP contribution is 2.18. The number of nitrogens with one attached hydrogen (secondary N) is 1. The van der Waals surface area contributed by atoms with E-state index >= 15 is 0 Å². The number of hydrogen-bond acceptors (Lipinski definition) is 3. The van der Waals surface area contributed by atoms with Crippen LogP contribution in [0, 0.1) is 0 Å². The number of carbonyl (C=O) groups is 2. The summed E-state index contributed by atoms with van der Waals surface area (Å²) in [5.41, 5.74) is 1.70. The van der Waals surface area contributed by atoms with Gasteiger partial charge in [0.25, 0.3) is 5.91 Å². The van der Waals surface area contributed by atoms with Gasteiger partial charge in [0.2, 0.25) is 0 Å². The molecule has 24 heavy (non-hydrogen) atoms. The van der Waals surface area contributed by atoms with Gasteiger partial charge in [-0.05, 0) is 29.2 Å². The maximum absolute atomic E-state index is 12.0. The van der Waals surface area contributed by atoms with E-state index in [0.717, 1.165) is 0 Å². The van der Waals surface area contributed by atoms with E-state index in [1.165, 1.54) is 5.56 Å². The van der Waals surface area contributed by atoms with Crippen molar-refractivity contribution >= 4 is 11.9 Å². The molecular weight excluding hydrogens is 306 g/mol. The number of hydrogen-bond donors (Lipinski definition) is 2. The van der Waals surface area contributed by atoms with Gasteiger partial charge in [-0.2, -0.15) is 0 Å². The van der Waals surface area contributed by atoms with E-state index < -0.39 is 17.9 Å². The number of carboxylic acid groups (broad SMARTS) is 1. The zero-order chi connectivity index (χ0) is 17.5. The van der Waals surface area contributed by atoms with Crippen LogP contribution in [0.4, 0.5) is 0 Å². The summed E-state index contributed by atoms with van der Waals surface area (Å²) < 4.78 is 5.41. The molecule has 0 aliphatic rings. The van der Waals surface area contributed by atoms with Crippen molar-refractivity contribution in [1.29, 1.82) is 0 Å². The molecular formula is C19H21NO4. The second-order valence-electron chi connectivity index (χ2n) is 5.76. The summed E-state index contributed by atoms with van der Waals surface area (Å²) in [4.78, 5) is 23.3. The lowest BCUT2D eigenvalue weighted by Crippen LogP contribution is -2.36. The molecule has 0 saturated carbocycles. The van der Waals surface area contributed by atoms with Gasteiger partial charge in [-0.3, -0.25) is 4.79 Å². The maximum Gasteiger partial charge on any atom is 0.330 e. The molecule has 2 N–H and O–H groups in total. The number of benzene rings is 2. The number of amides is 1. The normalized spacial score (nSPS) is 11.8. The molecule has 5 heteroatoms. The quantitative estimate of drug-likeness (QED) is 0.819. The molecule has 1 atom stereocenters. The Labute approximate surface area is 141 Å². The monoisotopic (exact) mass is 327 g/mol. The van der Waals surface area contributed by atoms with Crippen LogP contribution in [0.2, 0.25) is 0 Å². The third kappa shape index (κ3) is 4.84. The minimum Gasteiger partial charge on any atom is -0.484 e. The molecule has 2 rings (SSSR count). The van der Waals surface area contributed by atoms with E-state index in [9.17, 15) is 14.7 Å². The maximum atomic E-state index is 12.0. The van der Waals surface area contributed by atoms with E-state index in [0.29, 0.717) is 17.2 Å². The molecule has 0 spiro atoms. The fraction of sp³-hybridized carbons (Fsp3) is 0.263. The van der Waals surface area contributed by atoms with Crippen molar-refractivity contribution in [3.05, 3.63) is 65.7 Å². The van der Waals surface area contributed by atoms with Crippen molar-refractivity contribution in [1.82, 2.24) is 5.32 Å². The molecule has 126 valence electrons. The van der Waals surface area contributed by atoms with E-state index in [1.54, 1.807) is 42.5 Å². The number of aliphatic carboxylic acids is 1. The van der Waals surface area contributed by atoms with Crippen LogP contribution in [0.1, 0.15) is 36.9 Å².